The van der Waals surface area contributed by atoms with E-state index in [-0.39, 0.29) is 5.75 Å². The maximum absolute atomic E-state index is 9.43. The van der Waals surface area contributed by atoms with Gasteiger partial charge in [-0.15, -0.1) is 0 Å². The van der Waals surface area contributed by atoms with E-state index in [1.165, 1.54) is 0 Å². The Morgan fingerprint density at radius 1 is 1.25 bits per heavy atom. The van der Waals surface area contributed by atoms with Crippen LogP contribution in [0.3, 0.4) is 0 Å². The first-order valence-corrected chi connectivity index (χ1v) is 5.84. The molecule has 1 aliphatic heterocycles. The summed E-state index contributed by atoms with van der Waals surface area (Å²) in [4.78, 5) is 9.12. The molecule has 1 aromatic heterocycles. The van der Waals surface area contributed by atoms with Crippen LogP contribution >= 0.6 is 0 Å². The maximum Gasteiger partial charge on any atom is 0.136 e. The van der Waals surface area contributed by atoms with Crippen LogP contribution in [0.2, 0.25) is 0 Å². The van der Waals surface area contributed by atoms with E-state index in [1.807, 2.05) is 13.0 Å². The van der Waals surface area contributed by atoms with Gasteiger partial charge in [0.15, 0.2) is 0 Å². The lowest BCUT2D eigenvalue weighted by Gasteiger charge is -2.34. The van der Waals surface area contributed by atoms with Gasteiger partial charge in [0.2, 0.25) is 0 Å². The molecule has 0 bridgehead atoms. The summed E-state index contributed by atoms with van der Waals surface area (Å²) in [6, 6.07) is 3.62. The van der Waals surface area contributed by atoms with E-state index in [0.717, 1.165) is 38.5 Å². The molecule has 0 aromatic carbocycles. The molecule has 2 heterocycles. The predicted molar refractivity (Wildman–Crippen MR) is 65.0 cm³/mol. The summed E-state index contributed by atoms with van der Waals surface area (Å²) >= 11 is 0. The highest BCUT2D eigenvalue weighted by atomic mass is 16.3. The number of hydrogen-bond acceptors (Lipinski definition) is 4. The quantitative estimate of drug-likeness (QED) is 0.815. The van der Waals surface area contributed by atoms with Crippen molar-refractivity contribution in [1.82, 2.24) is 9.88 Å². The summed E-state index contributed by atoms with van der Waals surface area (Å²) in [6.45, 7) is 9.38. The zero-order valence-electron chi connectivity index (χ0n) is 9.98. The average Bonchev–Trinajstić information content (AvgIpc) is 2.33. The van der Waals surface area contributed by atoms with E-state index in [9.17, 15) is 5.11 Å². The molecule has 16 heavy (non-hydrogen) atoms. The molecule has 0 aliphatic carbocycles. The fraction of sp³-hybridized carbons (Fsp3) is 0.583. The van der Waals surface area contributed by atoms with E-state index in [4.69, 9.17) is 0 Å². The van der Waals surface area contributed by atoms with Crippen LogP contribution in [0.15, 0.2) is 12.1 Å². The van der Waals surface area contributed by atoms with Crippen molar-refractivity contribution in [3.8, 4) is 5.75 Å². The molecular weight excluding hydrogens is 202 g/mol. The molecule has 0 saturated carbocycles. The third-order valence-electron chi connectivity index (χ3n) is 3.19. The van der Waals surface area contributed by atoms with Crippen LogP contribution in [0.4, 0.5) is 5.82 Å². The second kappa shape index (κ2) is 4.70. The Kier molecular flexibility index (Phi) is 3.29. The lowest BCUT2D eigenvalue weighted by molar-refractivity contribution is 0.270. The summed E-state index contributed by atoms with van der Waals surface area (Å²) in [7, 11) is 0. The normalized spacial score (nSPS) is 17.8. The number of anilines is 1. The zero-order chi connectivity index (χ0) is 11.5. The lowest BCUT2D eigenvalue weighted by Crippen LogP contribution is -2.46. The van der Waals surface area contributed by atoms with Gasteiger partial charge in [0.1, 0.15) is 11.6 Å². The Labute approximate surface area is 96.5 Å². The van der Waals surface area contributed by atoms with Crippen LogP contribution in [0.25, 0.3) is 0 Å². The highest BCUT2D eigenvalue weighted by Gasteiger charge is 2.16. The molecule has 0 atom stereocenters. The van der Waals surface area contributed by atoms with Crippen molar-refractivity contribution in [1.29, 1.82) is 0 Å². The minimum Gasteiger partial charge on any atom is -0.506 e. The van der Waals surface area contributed by atoms with Crippen molar-refractivity contribution in [2.24, 2.45) is 0 Å². The van der Waals surface area contributed by atoms with Crippen molar-refractivity contribution in [3.05, 3.63) is 17.8 Å². The van der Waals surface area contributed by atoms with Crippen LogP contribution in [-0.4, -0.2) is 47.7 Å². The molecule has 0 amide bonds. The Hall–Kier alpha value is -1.29. The molecule has 1 aliphatic rings. The second-order valence-electron chi connectivity index (χ2n) is 4.20. The van der Waals surface area contributed by atoms with Gasteiger partial charge in [-0.25, -0.2) is 4.98 Å². The van der Waals surface area contributed by atoms with Gasteiger partial charge in [0, 0.05) is 26.2 Å². The summed E-state index contributed by atoms with van der Waals surface area (Å²) in [5.41, 5.74) is 0.704. The molecular formula is C12H19N3O. The van der Waals surface area contributed by atoms with Gasteiger partial charge in [-0.2, -0.15) is 0 Å². The molecule has 1 saturated heterocycles. The molecule has 1 aromatic rings. The highest BCUT2D eigenvalue weighted by molar-refractivity contribution is 5.43. The van der Waals surface area contributed by atoms with E-state index < -0.39 is 0 Å². The molecule has 4 heteroatoms. The SMILES string of the molecule is CCN1CCN(c2ccc(O)c(C)n2)CC1. The summed E-state index contributed by atoms with van der Waals surface area (Å²) in [6.07, 6.45) is 0. The number of nitrogens with zero attached hydrogens (tertiary/aromatic N) is 3. The number of aromatic hydroxyl groups is 1. The highest BCUT2D eigenvalue weighted by Crippen LogP contribution is 2.20. The van der Waals surface area contributed by atoms with Crippen molar-refractivity contribution < 1.29 is 5.11 Å². The van der Waals surface area contributed by atoms with E-state index in [1.54, 1.807) is 6.07 Å². The summed E-state index contributed by atoms with van der Waals surface area (Å²) in [5.74, 6) is 1.25. The predicted octanol–water partition coefficient (Wildman–Crippen LogP) is 1.24. The first-order chi connectivity index (χ1) is 7.70. The number of aryl methyl sites for hydroxylation is 1. The van der Waals surface area contributed by atoms with Crippen molar-refractivity contribution in [3.63, 3.8) is 0 Å². The third-order valence-corrected chi connectivity index (χ3v) is 3.19. The first-order valence-electron chi connectivity index (χ1n) is 5.84. The third kappa shape index (κ3) is 2.27. The number of pyridine rings is 1. The minimum absolute atomic E-state index is 0.274. The molecule has 0 spiro atoms. The van der Waals surface area contributed by atoms with E-state index >= 15 is 0 Å². The van der Waals surface area contributed by atoms with Gasteiger partial charge in [0.25, 0.3) is 0 Å². The van der Waals surface area contributed by atoms with Gasteiger partial charge >= 0.3 is 0 Å². The molecule has 4 nitrogen and oxygen atoms in total. The Morgan fingerprint density at radius 3 is 2.50 bits per heavy atom. The van der Waals surface area contributed by atoms with Gasteiger partial charge in [-0.05, 0) is 25.6 Å². The molecule has 1 N–H and O–H groups in total. The van der Waals surface area contributed by atoms with Crippen molar-refractivity contribution >= 4 is 5.82 Å². The smallest absolute Gasteiger partial charge is 0.136 e. The number of hydrogen-bond donors (Lipinski definition) is 1. The number of likely N-dealkylation sites (N-methyl/N-ethyl adjacent to an activating group) is 1. The van der Waals surface area contributed by atoms with Crippen molar-refractivity contribution in [2.45, 2.75) is 13.8 Å². The zero-order valence-corrected chi connectivity index (χ0v) is 9.98. The molecule has 2 rings (SSSR count). The monoisotopic (exact) mass is 221 g/mol. The first kappa shape index (κ1) is 11.2. The molecule has 0 radical (unpaired) electrons. The van der Waals surface area contributed by atoms with E-state index in [2.05, 4.69) is 21.7 Å². The van der Waals surface area contributed by atoms with Crippen molar-refractivity contribution in [2.75, 3.05) is 37.6 Å². The summed E-state index contributed by atoms with van der Waals surface area (Å²) in [5, 5.41) is 9.43. The Balaban J connectivity index is 2.05. The number of piperazine rings is 1. The Bertz CT molecular complexity index is 359. The standard InChI is InChI=1S/C12H19N3O/c1-3-14-6-8-15(9-7-14)12-5-4-11(16)10(2)13-12/h4-5,16H,3,6-9H2,1-2H3. The Morgan fingerprint density at radius 2 is 1.94 bits per heavy atom. The van der Waals surface area contributed by atoms with Crippen LogP contribution in [0.5, 0.6) is 5.75 Å². The van der Waals surface area contributed by atoms with Gasteiger partial charge in [-0.1, -0.05) is 6.92 Å². The number of rotatable bonds is 2. The molecule has 0 unspecified atom stereocenters. The van der Waals surface area contributed by atoms with Gasteiger partial charge in [-0.3, -0.25) is 0 Å². The number of aromatic nitrogens is 1. The largest absolute Gasteiger partial charge is 0.506 e. The average molecular weight is 221 g/mol. The van der Waals surface area contributed by atoms with Crippen LogP contribution < -0.4 is 4.90 Å². The molecule has 1 fully saturated rings. The van der Waals surface area contributed by atoms with Gasteiger partial charge in [0.05, 0.1) is 5.69 Å². The molecule has 88 valence electrons. The topological polar surface area (TPSA) is 39.6 Å². The van der Waals surface area contributed by atoms with Crippen LogP contribution in [-0.2, 0) is 0 Å². The second-order valence-corrected chi connectivity index (χ2v) is 4.20. The lowest BCUT2D eigenvalue weighted by atomic mass is 10.3. The fourth-order valence-corrected chi connectivity index (χ4v) is 2.01. The fourth-order valence-electron chi connectivity index (χ4n) is 2.01. The van der Waals surface area contributed by atoms with Crippen LogP contribution in [0, 0.1) is 6.92 Å². The summed E-state index contributed by atoms with van der Waals surface area (Å²) < 4.78 is 0. The van der Waals surface area contributed by atoms with Gasteiger partial charge < -0.3 is 14.9 Å². The van der Waals surface area contributed by atoms with E-state index in [0.29, 0.717) is 5.69 Å². The maximum atomic E-state index is 9.43. The minimum atomic E-state index is 0.274. The van der Waals surface area contributed by atoms with Crippen LogP contribution in [0.1, 0.15) is 12.6 Å².